The molecule has 0 spiro atoms. The third kappa shape index (κ3) is 3.02. The van der Waals surface area contributed by atoms with Gasteiger partial charge >= 0.3 is 11.7 Å². The molecule has 0 unspecified atom stereocenters. The predicted octanol–water partition coefficient (Wildman–Crippen LogP) is 2.55. The van der Waals surface area contributed by atoms with Crippen LogP contribution >= 0.6 is 11.6 Å². The van der Waals surface area contributed by atoms with Gasteiger partial charge in [0, 0.05) is 5.56 Å². The van der Waals surface area contributed by atoms with Gasteiger partial charge in [-0.15, -0.1) is 0 Å². The standard InChI is InChI=1S/C16H12ClN3O4/c1-24-15(22)9-2-4-10(17)12(7-9)18-14(21)8-3-5-11-13(6-8)20-16(23)19-11/h2-7H,1H3,(H,18,21)(H2,19,20,23). The largest absolute Gasteiger partial charge is 0.465 e. The van der Waals surface area contributed by atoms with Crippen molar-refractivity contribution in [3.05, 3.63) is 63.0 Å². The molecule has 0 aliphatic heterocycles. The predicted molar refractivity (Wildman–Crippen MR) is 89.7 cm³/mol. The Labute approximate surface area is 140 Å². The molecule has 0 radical (unpaired) electrons. The van der Waals surface area contributed by atoms with Crippen molar-refractivity contribution in [3.63, 3.8) is 0 Å². The van der Waals surface area contributed by atoms with Gasteiger partial charge in [0.2, 0.25) is 0 Å². The number of halogens is 1. The average Bonchev–Trinajstić information content (AvgIpc) is 2.95. The van der Waals surface area contributed by atoms with Gasteiger partial charge in [-0.2, -0.15) is 0 Å². The van der Waals surface area contributed by atoms with Crippen molar-refractivity contribution in [1.82, 2.24) is 9.97 Å². The maximum atomic E-state index is 12.4. The molecular formula is C16H12ClN3O4. The van der Waals surface area contributed by atoms with E-state index in [4.69, 9.17) is 11.6 Å². The molecule has 3 aromatic rings. The van der Waals surface area contributed by atoms with Crippen LogP contribution < -0.4 is 11.0 Å². The summed E-state index contributed by atoms with van der Waals surface area (Å²) in [6.45, 7) is 0. The molecule has 3 rings (SSSR count). The third-order valence-corrected chi connectivity index (χ3v) is 3.74. The van der Waals surface area contributed by atoms with Crippen molar-refractivity contribution >= 4 is 40.2 Å². The number of carbonyl (C=O) groups is 2. The van der Waals surface area contributed by atoms with Gasteiger partial charge in [-0.25, -0.2) is 9.59 Å². The van der Waals surface area contributed by atoms with Crippen molar-refractivity contribution < 1.29 is 14.3 Å². The Balaban J connectivity index is 1.90. The molecule has 0 bridgehead atoms. The number of aromatic nitrogens is 2. The fourth-order valence-corrected chi connectivity index (χ4v) is 2.40. The summed E-state index contributed by atoms with van der Waals surface area (Å²) < 4.78 is 4.64. The summed E-state index contributed by atoms with van der Waals surface area (Å²) in [6.07, 6.45) is 0. The summed E-state index contributed by atoms with van der Waals surface area (Å²) in [5.41, 5.74) is 1.65. The molecule has 1 aromatic heterocycles. The molecule has 0 saturated carbocycles. The van der Waals surface area contributed by atoms with E-state index in [1.807, 2.05) is 0 Å². The maximum absolute atomic E-state index is 12.4. The highest BCUT2D eigenvalue weighted by Gasteiger charge is 2.13. The number of rotatable bonds is 3. The minimum atomic E-state index is -0.534. The highest BCUT2D eigenvalue weighted by Crippen LogP contribution is 2.24. The molecule has 8 heteroatoms. The molecule has 0 aliphatic rings. The summed E-state index contributed by atoms with van der Waals surface area (Å²) in [5.74, 6) is -0.962. The number of fused-ring (bicyclic) bond motifs is 1. The van der Waals surface area contributed by atoms with Crippen LogP contribution in [0.5, 0.6) is 0 Å². The Morgan fingerprint density at radius 1 is 1.04 bits per heavy atom. The quantitative estimate of drug-likeness (QED) is 0.634. The summed E-state index contributed by atoms with van der Waals surface area (Å²) >= 11 is 6.05. The van der Waals surface area contributed by atoms with Crippen LogP contribution in [0.3, 0.4) is 0 Å². The van der Waals surface area contributed by atoms with E-state index in [2.05, 4.69) is 20.0 Å². The lowest BCUT2D eigenvalue weighted by Gasteiger charge is -2.09. The monoisotopic (exact) mass is 345 g/mol. The van der Waals surface area contributed by atoms with Crippen LogP contribution in [-0.2, 0) is 4.74 Å². The number of hydrogen-bond donors (Lipinski definition) is 3. The average molecular weight is 346 g/mol. The molecule has 0 atom stereocenters. The van der Waals surface area contributed by atoms with E-state index in [1.165, 1.54) is 25.3 Å². The molecular weight excluding hydrogens is 334 g/mol. The fraction of sp³-hybridized carbons (Fsp3) is 0.0625. The zero-order valence-corrected chi connectivity index (χ0v) is 13.2. The molecule has 3 N–H and O–H groups in total. The van der Waals surface area contributed by atoms with Gasteiger partial charge in [0.05, 0.1) is 34.4 Å². The molecule has 0 aliphatic carbocycles. The van der Waals surface area contributed by atoms with Gasteiger partial charge in [-0.1, -0.05) is 11.6 Å². The number of ether oxygens (including phenoxy) is 1. The Morgan fingerprint density at radius 3 is 2.50 bits per heavy atom. The first-order valence-electron chi connectivity index (χ1n) is 6.89. The number of aromatic amines is 2. The van der Waals surface area contributed by atoms with Gasteiger partial charge in [0.25, 0.3) is 5.91 Å². The lowest BCUT2D eigenvalue weighted by molar-refractivity contribution is 0.0600. The first-order chi connectivity index (χ1) is 11.5. The van der Waals surface area contributed by atoms with E-state index in [0.717, 1.165) is 0 Å². The summed E-state index contributed by atoms with van der Waals surface area (Å²) in [6, 6.07) is 9.16. The van der Waals surface area contributed by atoms with Crippen LogP contribution in [-0.4, -0.2) is 29.0 Å². The van der Waals surface area contributed by atoms with Gasteiger partial charge in [-0.3, -0.25) is 4.79 Å². The fourth-order valence-electron chi connectivity index (χ4n) is 2.23. The van der Waals surface area contributed by atoms with E-state index in [1.54, 1.807) is 18.2 Å². The highest BCUT2D eigenvalue weighted by molar-refractivity contribution is 6.34. The number of imidazole rings is 1. The molecule has 1 heterocycles. The molecule has 2 aromatic carbocycles. The molecule has 24 heavy (non-hydrogen) atoms. The maximum Gasteiger partial charge on any atom is 0.337 e. The topological polar surface area (TPSA) is 104 Å². The van der Waals surface area contributed by atoms with Gasteiger partial charge in [0.15, 0.2) is 0 Å². The number of hydrogen-bond acceptors (Lipinski definition) is 4. The second-order valence-electron chi connectivity index (χ2n) is 4.98. The van der Waals surface area contributed by atoms with Crippen molar-refractivity contribution in [3.8, 4) is 0 Å². The molecule has 7 nitrogen and oxygen atoms in total. The van der Waals surface area contributed by atoms with Crippen molar-refractivity contribution in [2.75, 3.05) is 12.4 Å². The number of benzene rings is 2. The zero-order valence-electron chi connectivity index (χ0n) is 12.5. The molecule has 122 valence electrons. The Kier molecular flexibility index (Phi) is 4.09. The zero-order chi connectivity index (χ0) is 17.3. The van der Waals surface area contributed by atoms with Gasteiger partial charge < -0.3 is 20.0 Å². The lowest BCUT2D eigenvalue weighted by Crippen LogP contribution is -2.13. The number of carbonyl (C=O) groups excluding carboxylic acids is 2. The second kappa shape index (κ2) is 6.21. The van der Waals surface area contributed by atoms with Crippen LogP contribution in [0, 0.1) is 0 Å². The molecule has 1 amide bonds. The summed E-state index contributed by atoms with van der Waals surface area (Å²) in [5, 5.41) is 2.92. The van der Waals surface area contributed by atoms with Gasteiger partial charge in [-0.05, 0) is 36.4 Å². The van der Waals surface area contributed by atoms with Crippen LogP contribution in [0.25, 0.3) is 11.0 Å². The van der Waals surface area contributed by atoms with E-state index < -0.39 is 11.9 Å². The first kappa shape index (κ1) is 15.8. The van der Waals surface area contributed by atoms with Crippen molar-refractivity contribution in [2.45, 2.75) is 0 Å². The number of amides is 1. The normalized spacial score (nSPS) is 10.6. The third-order valence-electron chi connectivity index (χ3n) is 3.41. The minimum absolute atomic E-state index is 0.266. The SMILES string of the molecule is COC(=O)c1ccc(Cl)c(NC(=O)c2ccc3[nH]c(=O)[nH]c3c2)c1. The van der Waals surface area contributed by atoms with Crippen LogP contribution in [0.4, 0.5) is 5.69 Å². The number of methoxy groups -OCH3 is 1. The molecule has 0 fully saturated rings. The number of esters is 1. The lowest BCUT2D eigenvalue weighted by atomic mass is 10.1. The minimum Gasteiger partial charge on any atom is -0.465 e. The number of H-pyrrole nitrogens is 2. The Morgan fingerprint density at radius 2 is 1.75 bits per heavy atom. The van der Waals surface area contributed by atoms with E-state index in [0.29, 0.717) is 16.6 Å². The van der Waals surface area contributed by atoms with Crippen molar-refractivity contribution in [2.24, 2.45) is 0 Å². The summed E-state index contributed by atoms with van der Waals surface area (Å²) in [7, 11) is 1.27. The summed E-state index contributed by atoms with van der Waals surface area (Å²) in [4.78, 5) is 40.4. The van der Waals surface area contributed by atoms with E-state index >= 15 is 0 Å². The number of nitrogens with one attached hydrogen (secondary N) is 3. The number of anilines is 1. The van der Waals surface area contributed by atoms with E-state index in [9.17, 15) is 14.4 Å². The Bertz CT molecular complexity index is 1010. The van der Waals surface area contributed by atoms with Crippen LogP contribution in [0.1, 0.15) is 20.7 Å². The Hall–Kier alpha value is -3.06. The van der Waals surface area contributed by atoms with Crippen LogP contribution in [0.15, 0.2) is 41.2 Å². The van der Waals surface area contributed by atoms with E-state index in [-0.39, 0.29) is 22.0 Å². The van der Waals surface area contributed by atoms with Crippen LogP contribution in [0.2, 0.25) is 5.02 Å². The highest BCUT2D eigenvalue weighted by atomic mass is 35.5. The first-order valence-corrected chi connectivity index (χ1v) is 7.27. The van der Waals surface area contributed by atoms with Gasteiger partial charge in [0.1, 0.15) is 0 Å². The smallest absolute Gasteiger partial charge is 0.337 e. The van der Waals surface area contributed by atoms with Crippen molar-refractivity contribution in [1.29, 1.82) is 0 Å². The molecule has 0 saturated heterocycles. The second-order valence-corrected chi connectivity index (χ2v) is 5.39.